The molecular weight excluding hydrogens is 499 g/mol. The van der Waals surface area contributed by atoms with Crippen LogP contribution in [0.5, 0.6) is 0 Å². The fourth-order valence-electron chi connectivity index (χ4n) is 4.21. The van der Waals surface area contributed by atoms with Crippen molar-refractivity contribution in [2.45, 2.75) is 13.8 Å². The Morgan fingerprint density at radius 2 is 0.972 bits per heavy atom. The third-order valence-corrected chi connectivity index (χ3v) is 6.74. The molecule has 2 amide bonds. The lowest BCUT2D eigenvalue weighted by molar-refractivity contribution is -0.115. The number of rotatable bonds is 4. The first kappa shape index (κ1) is 24.1. The molecule has 36 heavy (non-hydrogen) atoms. The Labute approximate surface area is 219 Å². The van der Waals surface area contributed by atoms with Crippen molar-refractivity contribution >= 4 is 57.8 Å². The Morgan fingerprint density at radius 1 is 0.639 bits per heavy atom. The molecule has 10 heteroatoms. The molecule has 1 fully saturated rings. The van der Waals surface area contributed by atoms with Crippen LogP contribution in [0.15, 0.2) is 82.3 Å². The van der Waals surface area contributed by atoms with Gasteiger partial charge in [0.2, 0.25) is 0 Å². The van der Waals surface area contributed by atoms with Gasteiger partial charge in [0.1, 0.15) is 0 Å². The number of hydrazone groups is 2. The smallest absolute Gasteiger partial charge is 0.282 e. The number of carbonyl (C=O) groups excluding carboxylic acids is 2. The molecule has 1 saturated heterocycles. The summed E-state index contributed by atoms with van der Waals surface area (Å²) < 4.78 is 0. The van der Waals surface area contributed by atoms with Crippen LogP contribution >= 0.6 is 23.2 Å². The van der Waals surface area contributed by atoms with Crippen molar-refractivity contribution in [1.82, 2.24) is 9.80 Å². The summed E-state index contributed by atoms with van der Waals surface area (Å²) in [4.78, 5) is 30.2. The molecule has 0 atom stereocenters. The zero-order valence-corrected chi connectivity index (χ0v) is 21.4. The Morgan fingerprint density at radius 3 is 1.31 bits per heavy atom. The topological polar surface area (TPSA) is 71.8 Å². The second kappa shape index (κ2) is 9.79. The summed E-state index contributed by atoms with van der Waals surface area (Å²) in [5.74, 6) is -0.324. The number of halogens is 2. The van der Waals surface area contributed by atoms with Crippen LogP contribution in [-0.2, 0) is 9.59 Å². The van der Waals surface area contributed by atoms with Crippen molar-refractivity contribution in [3.63, 3.8) is 0 Å². The van der Waals surface area contributed by atoms with Crippen molar-refractivity contribution in [2.75, 3.05) is 36.2 Å². The lowest BCUT2D eigenvalue weighted by Gasteiger charge is -2.34. The maximum Gasteiger partial charge on any atom is 0.282 e. The molecule has 0 unspecified atom stereocenters. The molecule has 0 radical (unpaired) electrons. The van der Waals surface area contributed by atoms with Gasteiger partial charge in [-0.2, -0.15) is 20.2 Å². The summed E-state index contributed by atoms with van der Waals surface area (Å²) in [6, 6.07) is 14.0. The van der Waals surface area contributed by atoms with Crippen molar-refractivity contribution in [3.8, 4) is 0 Å². The Hall–Kier alpha value is -3.62. The van der Waals surface area contributed by atoms with E-state index in [4.69, 9.17) is 23.2 Å². The highest BCUT2D eigenvalue weighted by Crippen LogP contribution is 2.27. The lowest BCUT2D eigenvalue weighted by atomic mass is 10.1. The summed E-state index contributed by atoms with van der Waals surface area (Å²) >= 11 is 11.9. The molecule has 0 spiro atoms. The van der Waals surface area contributed by atoms with Crippen molar-refractivity contribution < 1.29 is 9.59 Å². The summed E-state index contributed by atoms with van der Waals surface area (Å²) in [7, 11) is 0. The molecular formula is C26H24Cl2N6O2. The monoisotopic (exact) mass is 522 g/mol. The maximum atomic E-state index is 13.0. The van der Waals surface area contributed by atoms with E-state index in [1.807, 2.05) is 26.2 Å². The molecule has 0 aliphatic carbocycles. The van der Waals surface area contributed by atoms with Crippen LogP contribution in [0.3, 0.4) is 0 Å². The summed E-state index contributed by atoms with van der Waals surface area (Å²) in [5, 5.41) is 12.9. The van der Waals surface area contributed by atoms with Gasteiger partial charge in [0.15, 0.2) is 0 Å². The van der Waals surface area contributed by atoms with Gasteiger partial charge in [-0.3, -0.25) is 9.59 Å². The van der Waals surface area contributed by atoms with Crippen LogP contribution in [-0.4, -0.2) is 59.2 Å². The predicted molar refractivity (Wildman–Crippen MR) is 143 cm³/mol. The molecule has 8 nitrogen and oxygen atoms in total. The van der Waals surface area contributed by atoms with Gasteiger partial charge in [0.25, 0.3) is 11.8 Å². The van der Waals surface area contributed by atoms with Crippen LogP contribution in [0.2, 0.25) is 10.0 Å². The molecule has 0 saturated carbocycles. The summed E-state index contributed by atoms with van der Waals surface area (Å²) in [5.41, 5.74) is 3.84. The van der Waals surface area contributed by atoms with Crippen LogP contribution in [0, 0.1) is 0 Å². The fraction of sp³-hybridized carbons (Fsp3) is 0.231. The van der Waals surface area contributed by atoms with Gasteiger partial charge in [0.05, 0.1) is 33.9 Å². The van der Waals surface area contributed by atoms with E-state index >= 15 is 0 Å². The average molecular weight is 523 g/mol. The predicted octanol–water partition coefficient (Wildman–Crippen LogP) is 4.52. The highest BCUT2D eigenvalue weighted by molar-refractivity contribution is 6.32. The molecule has 2 aromatic carbocycles. The van der Waals surface area contributed by atoms with Crippen molar-refractivity contribution in [3.05, 3.63) is 82.1 Å². The van der Waals surface area contributed by atoms with E-state index in [2.05, 4.69) is 20.0 Å². The van der Waals surface area contributed by atoms with E-state index in [1.54, 1.807) is 48.5 Å². The second-order valence-electron chi connectivity index (χ2n) is 8.72. The van der Waals surface area contributed by atoms with Gasteiger partial charge in [-0.25, -0.2) is 0 Å². The molecule has 0 aromatic heterocycles. The zero-order valence-electron chi connectivity index (χ0n) is 19.9. The summed E-state index contributed by atoms with van der Waals surface area (Å²) in [6.45, 7) is 6.50. The Balaban J connectivity index is 1.23. The van der Waals surface area contributed by atoms with E-state index in [0.717, 1.165) is 0 Å². The van der Waals surface area contributed by atoms with Crippen LogP contribution in [0.4, 0.5) is 11.4 Å². The van der Waals surface area contributed by atoms with E-state index in [-0.39, 0.29) is 11.8 Å². The standard InChI is InChI=1S/C26H24Cl2N6O2/c1-17-23(25(35)33(29-17)21-7-3-19(27)4-8-21)15-31-11-13-32(14-12-31)16-24-18(2)30-34(26(24)36)22-9-5-20(28)6-10-22/h3-10,15-16H,11-14H2,1-2H3. The Kier molecular flexibility index (Phi) is 6.55. The lowest BCUT2D eigenvalue weighted by Crippen LogP contribution is -2.42. The molecule has 5 rings (SSSR count). The second-order valence-corrected chi connectivity index (χ2v) is 9.59. The van der Waals surface area contributed by atoms with E-state index < -0.39 is 0 Å². The molecule has 3 aliphatic heterocycles. The number of piperazine rings is 1. The number of nitrogens with zero attached hydrogens (tertiary/aromatic N) is 6. The minimum absolute atomic E-state index is 0.162. The van der Waals surface area contributed by atoms with Gasteiger partial charge in [0, 0.05) is 48.6 Å². The molecule has 184 valence electrons. The van der Waals surface area contributed by atoms with Gasteiger partial charge >= 0.3 is 0 Å². The number of amides is 2. The van der Waals surface area contributed by atoms with Crippen LogP contribution in [0.1, 0.15) is 13.8 Å². The molecule has 3 heterocycles. The van der Waals surface area contributed by atoms with E-state index in [0.29, 0.717) is 70.2 Å². The quantitative estimate of drug-likeness (QED) is 0.553. The number of hydrogen-bond acceptors (Lipinski definition) is 6. The van der Waals surface area contributed by atoms with Gasteiger partial charge in [-0.1, -0.05) is 23.2 Å². The zero-order chi connectivity index (χ0) is 25.4. The molecule has 2 aromatic rings. The third kappa shape index (κ3) is 4.74. The molecule has 0 bridgehead atoms. The van der Waals surface area contributed by atoms with Crippen molar-refractivity contribution in [1.29, 1.82) is 0 Å². The number of benzene rings is 2. The largest absolute Gasteiger partial charge is 0.373 e. The highest BCUT2D eigenvalue weighted by atomic mass is 35.5. The van der Waals surface area contributed by atoms with E-state index in [9.17, 15) is 9.59 Å². The van der Waals surface area contributed by atoms with Gasteiger partial charge < -0.3 is 9.80 Å². The minimum Gasteiger partial charge on any atom is -0.373 e. The fourth-order valence-corrected chi connectivity index (χ4v) is 4.46. The Bertz CT molecular complexity index is 1220. The number of anilines is 2. The third-order valence-electron chi connectivity index (χ3n) is 6.24. The van der Waals surface area contributed by atoms with Crippen molar-refractivity contribution in [2.24, 2.45) is 10.2 Å². The number of hydrogen-bond donors (Lipinski definition) is 0. The first-order chi connectivity index (χ1) is 17.3. The SMILES string of the molecule is CC1=NN(c2ccc(Cl)cc2)C(=O)C1=CN1CCN(C=C2C(=O)N(c3ccc(Cl)cc3)N=C2C)CC1. The van der Waals surface area contributed by atoms with Gasteiger partial charge in [-0.05, 0) is 62.4 Å². The summed E-state index contributed by atoms with van der Waals surface area (Å²) in [6.07, 6.45) is 3.77. The molecule has 0 N–H and O–H groups in total. The average Bonchev–Trinajstić information content (AvgIpc) is 3.31. The normalized spacial score (nSPS) is 20.7. The van der Waals surface area contributed by atoms with Crippen LogP contribution in [0.25, 0.3) is 0 Å². The molecule has 3 aliphatic rings. The minimum atomic E-state index is -0.162. The number of carbonyl (C=O) groups is 2. The van der Waals surface area contributed by atoms with Crippen LogP contribution < -0.4 is 10.0 Å². The van der Waals surface area contributed by atoms with Gasteiger partial charge in [-0.15, -0.1) is 0 Å². The first-order valence-corrected chi connectivity index (χ1v) is 12.3. The maximum absolute atomic E-state index is 13.0. The first-order valence-electron chi connectivity index (χ1n) is 11.5. The van der Waals surface area contributed by atoms with E-state index in [1.165, 1.54) is 10.0 Å². The highest BCUT2D eigenvalue weighted by Gasteiger charge is 2.31.